The second kappa shape index (κ2) is 10.8. The maximum atomic E-state index is 12.7. The summed E-state index contributed by atoms with van der Waals surface area (Å²) in [6.07, 6.45) is 1.82. The molecule has 0 aliphatic carbocycles. The van der Waals surface area contributed by atoms with E-state index in [9.17, 15) is 22.8 Å². The molecule has 1 fully saturated rings. The molecule has 2 aromatic carbocycles. The van der Waals surface area contributed by atoms with Crippen LogP contribution in [0.1, 0.15) is 20.7 Å². The van der Waals surface area contributed by atoms with Gasteiger partial charge in [-0.05, 0) is 48.2 Å². The Bertz CT molecular complexity index is 1240. The average Bonchev–Trinajstić information content (AvgIpc) is 3.22. The summed E-state index contributed by atoms with van der Waals surface area (Å²) in [5.74, 6) is 0.125. The highest BCUT2D eigenvalue weighted by atomic mass is 32.2. The van der Waals surface area contributed by atoms with Gasteiger partial charge in [-0.1, -0.05) is 0 Å². The lowest BCUT2D eigenvalue weighted by Gasteiger charge is -2.39. The predicted octanol–water partition coefficient (Wildman–Crippen LogP) is 3.81. The second-order valence-electron chi connectivity index (χ2n) is 8.33. The lowest BCUT2D eigenvalue weighted by atomic mass is 9.99. The molecule has 1 aromatic heterocycles. The van der Waals surface area contributed by atoms with Crippen molar-refractivity contribution in [3.05, 3.63) is 53.7 Å². The lowest BCUT2D eigenvalue weighted by Crippen LogP contribution is -2.51. The number of carbonyl (C=O) groups is 2. The number of thioether (sulfide) groups is 1. The average molecular weight is 523 g/mol. The number of hydrogen-bond donors (Lipinski definition) is 1. The van der Waals surface area contributed by atoms with Crippen LogP contribution >= 0.6 is 11.8 Å². The van der Waals surface area contributed by atoms with Gasteiger partial charge in [0.1, 0.15) is 5.75 Å². The number of nitrogens with one attached hydrogen (secondary N) is 1. The first-order valence-corrected chi connectivity index (χ1v) is 12.0. The molecule has 0 saturated carbocycles. The van der Waals surface area contributed by atoms with Crippen LogP contribution in [0.4, 0.5) is 13.2 Å². The number of hydrogen-bond acceptors (Lipinski definition) is 6. The molecular weight excluding hydrogens is 497 g/mol. The topological polar surface area (TPSA) is 85.7 Å². The summed E-state index contributed by atoms with van der Waals surface area (Å²) in [6, 6.07) is 8.87. The van der Waals surface area contributed by atoms with Crippen LogP contribution in [0.3, 0.4) is 0 Å². The Morgan fingerprint density at radius 2 is 1.86 bits per heavy atom. The third-order valence-corrected chi connectivity index (χ3v) is 6.49. The summed E-state index contributed by atoms with van der Waals surface area (Å²) in [5.41, 5.74) is -2.92. The van der Waals surface area contributed by atoms with Crippen molar-refractivity contribution in [2.24, 2.45) is 5.92 Å². The van der Waals surface area contributed by atoms with E-state index in [0.717, 1.165) is 0 Å². The van der Waals surface area contributed by atoms with E-state index in [2.05, 4.69) is 10.4 Å². The van der Waals surface area contributed by atoms with E-state index in [4.69, 9.17) is 9.47 Å². The summed E-state index contributed by atoms with van der Waals surface area (Å²) >= 11 is -0.209. The standard InChI is InChI=1S/C24H25F3N4O4S/c1-34-10-9-28-22(32)18-7-8-20-19(21(18)35-2)14-31(29-20)13-15-11-30(12-15)23(33)16-3-5-17(6-4-16)36-24(25,26)27/h3-8,14-15H,9-13H2,1-2H3,(H,28,32). The van der Waals surface area contributed by atoms with Crippen LogP contribution < -0.4 is 10.1 Å². The number of alkyl halides is 3. The minimum atomic E-state index is -4.37. The second-order valence-corrected chi connectivity index (χ2v) is 9.47. The van der Waals surface area contributed by atoms with Crippen molar-refractivity contribution in [3.8, 4) is 5.75 Å². The van der Waals surface area contributed by atoms with Gasteiger partial charge in [0.15, 0.2) is 0 Å². The Hall–Kier alpha value is -3.25. The number of benzene rings is 2. The smallest absolute Gasteiger partial charge is 0.446 e. The first kappa shape index (κ1) is 25.8. The van der Waals surface area contributed by atoms with Crippen molar-refractivity contribution < 1.29 is 32.2 Å². The van der Waals surface area contributed by atoms with Crippen LogP contribution in [-0.4, -0.2) is 72.5 Å². The van der Waals surface area contributed by atoms with E-state index in [0.29, 0.717) is 60.6 Å². The first-order valence-electron chi connectivity index (χ1n) is 11.1. The molecule has 1 saturated heterocycles. The number of amides is 2. The number of rotatable bonds is 9. The molecule has 3 aromatic rings. The van der Waals surface area contributed by atoms with Gasteiger partial charge < -0.3 is 19.7 Å². The molecule has 0 spiro atoms. The zero-order valence-corrected chi connectivity index (χ0v) is 20.5. The van der Waals surface area contributed by atoms with Gasteiger partial charge in [0, 0.05) is 55.9 Å². The van der Waals surface area contributed by atoms with Gasteiger partial charge in [-0.15, -0.1) is 0 Å². The zero-order valence-electron chi connectivity index (χ0n) is 19.7. The molecule has 36 heavy (non-hydrogen) atoms. The Morgan fingerprint density at radius 3 is 2.50 bits per heavy atom. The lowest BCUT2D eigenvalue weighted by molar-refractivity contribution is -0.0328. The number of ether oxygens (including phenoxy) is 2. The molecular formula is C24H25F3N4O4S. The summed E-state index contributed by atoms with van der Waals surface area (Å²) in [7, 11) is 3.06. The number of nitrogens with zero attached hydrogens (tertiary/aromatic N) is 3. The molecule has 12 heteroatoms. The number of likely N-dealkylation sites (tertiary alicyclic amines) is 1. The molecule has 2 heterocycles. The Kier molecular flexibility index (Phi) is 7.74. The van der Waals surface area contributed by atoms with E-state index >= 15 is 0 Å². The summed E-state index contributed by atoms with van der Waals surface area (Å²) in [5, 5.41) is 8.06. The van der Waals surface area contributed by atoms with E-state index in [-0.39, 0.29) is 34.4 Å². The Labute approximate surface area is 209 Å². The van der Waals surface area contributed by atoms with Gasteiger partial charge in [-0.3, -0.25) is 14.3 Å². The normalized spacial score (nSPS) is 14.1. The zero-order chi connectivity index (χ0) is 25.9. The minimum absolute atomic E-state index is 0.0392. The van der Waals surface area contributed by atoms with Crippen molar-refractivity contribution in [3.63, 3.8) is 0 Å². The highest BCUT2D eigenvalue weighted by molar-refractivity contribution is 8.00. The Morgan fingerprint density at radius 1 is 1.14 bits per heavy atom. The third kappa shape index (κ3) is 5.93. The number of aromatic nitrogens is 2. The number of halogens is 3. The van der Waals surface area contributed by atoms with Crippen LogP contribution in [0.2, 0.25) is 0 Å². The van der Waals surface area contributed by atoms with Gasteiger partial charge in [0.25, 0.3) is 11.8 Å². The minimum Gasteiger partial charge on any atom is -0.495 e. The fraction of sp³-hybridized carbons (Fsp3) is 0.375. The van der Waals surface area contributed by atoms with E-state index in [1.807, 2.05) is 6.20 Å². The first-order chi connectivity index (χ1) is 17.2. The quantitative estimate of drug-likeness (QED) is 0.340. The number of methoxy groups -OCH3 is 2. The molecule has 0 unspecified atom stereocenters. The van der Waals surface area contributed by atoms with E-state index < -0.39 is 5.51 Å². The fourth-order valence-corrected chi connectivity index (χ4v) is 4.61. The molecule has 192 valence electrons. The van der Waals surface area contributed by atoms with Crippen LogP contribution in [0.25, 0.3) is 10.9 Å². The van der Waals surface area contributed by atoms with Gasteiger partial charge in [-0.2, -0.15) is 18.3 Å². The molecule has 8 nitrogen and oxygen atoms in total. The van der Waals surface area contributed by atoms with Crippen molar-refractivity contribution in [1.82, 2.24) is 20.0 Å². The molecule has 0 radical (unpaired) electrons. The highest BCUT2D eigenvalue weighted by Gasteiger charge is 2.32. The summed E-state index contributed by atoms with van der Waals surface area (Å²) in [6.45, 7) is 2.37. The van der Waals surface area contributed by atoms with E-state index in [1.54, 1.807) is 28.8 Å². The summed E-state index contributed by atoms with van der Waals surface area (Å²) in [4.78, 5) is 26.9. The maximum Gasteiger partial charge on any atom is 0.446 e. The van der Waals surface area contributed by atoms with Crippen molar-refractivity contribution >= 4 is 34.5 Å². The molecule has 1 aliphatic rings. The number of carbonyl (C=O) groups excluding carboxylic acids is 2. The van der Waals surface area contributed by atoms with Gasteiger partial charge in [0.2, 0.25) is 0 Å². The molecule has 4 rings (SSSR count). The molecule has 1 aliphatic heterocycles. The molecule has 2 amide bonds. The SMILES string of the molecule is COCCNC(=O)c1ccc2nn(CC3CN(C(=O)c4ccc(SC(F)(F)F)cc4)C3)cc2c1OC. The van der Waals surface area contributed by atoms with Crippen LogP contribution in [-0.2, 0) is 11.3 Å². The predicted molar refractivity (Wildman–Crippen MR) is 128 cm³/mol. The highest BCUT2D eigenvalue weighted by Crippen LogP contribution is 2.37. The Balaban J connectivity index is 1.37. The monoisotopic (exact) mass is 522 g/mol. The van der Waals surface area contributed by atoms with Crippen molar-refractivity contribution in [2.45, 2.75) is 16.9 Å². The van der Waals surface area contributed by atoms with Gasteiger partial charge >= 0.3 is 5.51 Å². The largest absolute Gasteiger partial charge is 0.495 e. The maximum absolute atomic E-state index is 12.7. The van der Waals surface area contributed by atoms with Crippen LogP contribution in [0, 0.1) is 5.92 Å². The van der Waals surface area contributed by atoms with Crippen LogP contribution in [0.5, 0.6) is 5.75 Å². The van der Waals surface area contributed by atoms with Gasteiger partial charge in [-0.25, -0.2) is 0 Å². The molecule has 0 bridgehead atoms. The van der Waals surface area contributed by atoms with E-state index in [1.165, 1.54) is 31.4 Å². The van der Waals surface area contributed by atoms with Crippen molar-refractivity contribution in [1.29, 1.82) is 0 Å². The third-order valence-electron chi connectivity index (χ3n) is 5.75. The van der Waals surface area contributed by atoms with Crippen LogP contribution in [0.15, 0.2) is 47.5 Å². The summed E-state index contributed by atoms with van der Waals surface area (Å²) < 4.78 is 49.7. The fourth-order valence-electron chi connectivity index (χ4n) is 4.07. The molecule has 1 N–H and O–H groups in total. The van der Waals surface area contributed by atoms with Gasteiger partial charge in [0.05, 0.1) is 30.2 Å². The number of fused-ring (bicyclic) bond motifs is 1. The van der Waals surface area contributed by atoms with Crippen molar-refractivity contribution in [2.75, 3.05) is 40.5 Å². The molecule has 0 atom stereocenters.